The Morgan fingerprint density at radius 2 is 1.61 bits per heavy atom. The third kappa shape index (κ3) is 3.80. The summed E-state index contributed by atoms with van der Waals surface area (Å²) in [6, 6.07) is 5.76. The number of aryl methyl sites for hydroxylation is 2. The van der Waals surface area contributed by atoms with Crippen LogP contribution in [0.25, 0.3) is 5.82 Å². The fourth-order valence-corrected chi connectivity index (χ4v) is 4.15. The lowest BCUT2D eigenvalue weighted by atomic mass is 9.98. The van der Waals surface area contributed by atoms with Gasteiger partial charge < -0.3 is 14.7 Å². The lowest BCUT2D eigenvalue weighted by molar-refractivity contribution is -0.136. The zero-order chi connectivity index (χ0) is 21.4. The Hall–Kier alpha value is -3.56. The Morgan fingerprint density at radius 3 is 2.29 bits per heavy atom. The second-order valence-corrected chi connectivity index (χ2v) is 8.04. The van der Waals surface area contributed by atoms with Crippen LogP contribution in [-0.2, 0) is 4.79 Å². The van der Waals surface area contributed by atoms with E-state index in [9.17, 15) is 4.79 Å². The van der Waals surface area contributed by atoms with Crippen molar-refractivity contribution < 1.29 is 4.79 Å². The van der Waals surface area contributed by atoms with E-state index in [0.717, 1.165) is 42.1 Å². The van der Waals surface area contributed by atoms with Crippen LogP contribution in [0.3, 0.4) is 0 Å². The van der Waals surface area contributed by atoms with Gasteiger partial charge in [-0.25, -0.2) is 24.6 Å². The Bertz CT molecular complexity index is 1070. The molecule has 160 valence electrons. The number of piperazine rings is 1. The van der Waals surface area contributed by atoms with Crippen molar-refractivity contribution in [3.63, 3.8) is 0 Å². The van der Waals surface area contributed by atoms with E-state index in [1.54, 1.807) is 18.7 Å². The molecule has 10 heteroatoms. The van der Waals surface area contributed by atoms with Crippen molar-refractivity contribution in [2.24, 2.45) is 5.92 Å². The van der Waals surface area contributed by atoms with Crippen LogP contribution in [0.1, 0.15) is 11.4 Å². The van der Waals surface area contributed by atoms with E-state index >= 15 is 0 Å². The Balaban J connectivity index is 1.17. The third-order valence-corrected chi connectivity index (χ3v) is 5.85. The maximum absolute atomic E-state index is 12.9. The van der Waals surface area contributed by atoms with Crippen LogP contribution in [-0.4, -0.2) is 79.8 Å². The van der Waals surface area contributed by atoms with E-state index in [1.165, 1.54) is 0 Å². The van der Waals surface area contributed by atoms with Gasteiger partial charge in [0, 0.05) is 63.4 Å². The van der Waals surface area contributed by atoms with Crippen LogP contribution in [0, 0.1) is 19.8 Å². The van der Waals surface area contributed by atoms with Gasteiger partial charge in [-0.05, 0) is 26.0 Å². The van der Waals surface area contributed by atoms with E-state index in [4.69, 9.17) is 0 Å². The van der Waals surface area contributed by atoms with E-state index in [-0.39, 0.29) is 11.8 Å². The fourth-order valence-electron chi connectivity index (χ4n) is 4.15. The molecule has 0 bridgehead atoms. The SMILES string of the molecule is Cc1cc(C)n(-c2cc(N3CC(C(=O)N4CCN(c5ncccn5)CC4)C3)ncn2)n1. The van der Waals surface area contributed by atoms with Gasteiger partial charge in [0.05, 0.1) is 11.6 Å². The number of nitrogens with zero attached hydrogens (tertiary/aromatic N) is 9. The minimum absolute atomic E-state index is 0.00613. The van der Waals surface area contributed by atoms with Crippen LogP contribution < -0.4 is 9.80 Å². The highest BCUT2D eigenvalue weighted by atomic mass is 16.2. The van der Waals surface area contributed by atoms with Crippen molar-refractivity contribution in [3.8, 4) is 5.82 Å². The molecule has 3 aromatic heterocycles. The fraction of sp³-hybridized carbons (Fsp3) is 0.429. The van der Waals surface area contributed by atoms with Crippen LogP contribution in [0.2, 0.25) is 0 Å². The molecule has 0 saturated carbocycles. The minimum atomic E-state index is 0.00613. The molecule has 2 saturated heterocycles. The quantitative estimate of drug-likeness (QED) is 0.614. The highest BCUT2D eigenvalue weighted by Gasteiger charge is 2.37. The number of amides is 1. The number of hydrogen-bond donors (Lipinski definition) is 0. The lowest BCUT2D eigenvalue weighted by Crippen LogP contribution is -2.58. The molecule has 2 aliphatic rings. The molecule has 2 fully saturated rings. The van der Waals surface area contributed by atoms with Crippen molar-refractivity contribution >= 4 is 17.7 Å². The Kier molecular flexibility index (Phi) is 4.97. The molecule has 5 rings (SSSR count). The molecule has 0 radical (unpaired) electrons. The molecule has 0 unspecified atom stereocenters. The molecule has 5 heterocycles. The van der Waals surface area contributed by atoms with Crippen molar-refractivity contribution in [3.05, 3.63) is 48.3 Å². The number of aromatic nitrogens is 6. The minimum Gasteiger partial charge on any atom is -0.355 e. The molecule has 31 heavy (non-hydrogen) atoms. The second kappa shape index (κ2) is 7.93. The summed E-state index contributed by atoms with van der Waals surface area (Å²) >= 11 is 0. The van der Waals surface area contributed by atoms with Gasteiger partial charge >= 0.3 is 0 Å². The molecule has 0 spiro atoms. The van der Waals surface area contributed by atoms with Crippen LogP contribution in [0.4, 0.5) is 11.8 Å². The Labute approximate surface area is 180 Å². The number of hydrogen-bond acceptors (Lipinski definition) is 8. The van der Waals surface area contributed by atoms with Crippen molar-refractivity contribution in [1.29, 1.82) is 0 Å². The summed E-state index contributed by atoms with van der Waals surface area (Å²) in [5, 5.41) is 4.49. The summed E-state index contributed by atoms with van der Waals surface area (Å²) in [6.07, 6.45) is 5.05. The van der Waals surface area contributed by atoms with Gasteiger partial charge in [0.15, 0.2) is 5.82 Å². The van der Waals surface area contributed by atoms with E-state index in [1.807, 2.05) is 41.6 Å². The summed E-state index contributed by atoms with van der Waals surface area (Å²) in [4.78, 5) is 36.5. The molecule has 0 atom stereocenters. The lowest BCUT2D eigenvalue weighted by Gasteiger charge is -2.43. The topological polar surface area (TPSA) is 96.2 Å². The van der Waals surface area contributed by atoms with Crippen molar-refractivity contribution in [2.75, 3.05) is 49.1 Å². The molecule has 0 aromatic carbocycles. The van der Waals surface area contributed by atoms with Gasteiger partial charge in [-0.2, -0.15) is 5.10 Å². The van der Waals surface area contributed by atoms with Gasteiger partial charge in [0.25, 0.3) is 0 Å². The smallest absolute Gasteiger partial charge is 0.229 e. The van der Waals surface area contributed by atoms with Gasteiger partial charge in [-0.3, -0.25) is 4.79 Å². The highest BCUT2D eigenvalue weighted by Crippen LogP contribution is 2.26. The third-order valence-electron chi connectivity index (χ3n) is 5.85. The van der Waals surface area contributed by atoms with Gasteiger partial charge in [-0.15, -0.1) is 0 Å². The van der Waals surface area contributed by atoms with Gasteiger partial charge in [-0.1, -0.05) is 0 Å². The monoisotopic (exact) mass is 419 g/mol. The maximum Gasteiger partial charge on any atom is 0.229 e. The first-order valence-electron chi connectivity index (χ1n) is 10.5. The zero-order valence-electron chi connectivity index (χ0n) is 17.7. The molecule has 1 amide bonds. The number of carbonyl (C=O) groups excluding carboxylic acids is 1. The molecule has 2 aliphatic heterocycles. The summed E-state index contributed by atoms with van der Waals surface area (Å²) < 4.78 is 1.82. The molecule has 10 nitrogen and oxygen atoms in total. The highest BCUT2D eigenvalue weighted by molar-refractivity contribution is 5.82. The molecular weight excluding hydrogens is 394 g/mol. The molecule has 0 aliphatic carbocycles. The van der Waals surface area contributed by atoms with Crippen molar-refractivity contribution in [2.45, 2.75) is 13.8 Å². The first kappa shape index (κ1) is 19.4. The number of carbonyl (C=O) groups is 1. The predicted octanol–water partition coefficient (Wildman–Crippen LogP) is 0.854. The van der Waals surface area contributed by atoms with E-state index in [2.05, 4.69) is 34.8 Å². The largest absolute Gasteiger partial charge is 0.355 e. The summed E-state index contributed by atoms with van der Waals surface area (Å²) in [5.74, 6) is 2.52. The molecular formula is C21H25N9O. The first-order valence-corrected chi connectivity index (χ1v) is 10.5. The summed E-state index contributed by atoms with van der Waals surface area (Å²) in [7, 11) is 0. The first-order chi connectivity index (χ1) is 15.1. The Morgan fingerprint density at radius 1 is 0.903 bits per heavy atom. The van der Waals surface area contributed by atoms with E-state index < -0.39 is 0 Å². The average Bonchev–Trinajstić information content (AvgIpc) is 3.11. The van der Waals surface area contributed by atoms with Crippen LogP contribution in [0.15, 0.2) is 36.9 Å². The maximum atomic E-state index is 12.9. The average molecular weight is 419 g/mol. The van der Waals surface area contributed by atoms with E-state index in [0.29, 0.717) is 26.2 Å². The summed E-state index contributed by atoms with van der Waals surface area (Å²) in [5.41, 5.74) is 1.98. The summed E-state index contributed by atoms with van der Waals surface area (Å²) in [6.45, 7) is 8.22. The van der Waals surface area contributed by atoms with Crippen LogP contribution in [0.5, 0.6) is 0 Å². The zero-order valence-corrected chi connectivity index (χ0v) is 17.7. The second-order valence-electron chi connectivity index (χ2n) is 8.04. The van der Waals surface area contributed by atoms with Gasteiger partial charge in [0.2, 0.25) is 11.9 Å². The predicted molar refractivity (Wildman–Crippen MR) is 115 cm³/mol. The normalized spacial score (nSPS) is 17.0. The van der Waals surface area contributed by atoms with Crippen LogP contribution >= 0.6 is 0 Å². The number of anilines is 2. The molecule has 3 aromatic rings. The standard InChI is InChI=1S/C21H25N9O/c1-15-10-16(2)30(26-15)19-11-18(24-14-25-19)29-12-17(13-29)20(31)27-6-8-28(9-7-27)21-22-4-3-5-23-21/h3-5,10-11,14,17H,6-9,12-13H2,1-2H3. The molecule has 0 N–H and O–H groups in total. The van der Waals surface area contributed by atoms with Gasteiger partial charge in [0.1, 0.15) is 12.1 Å². The van der Waals surface area contributed by atoms with Crippen molar-refractivity contribution in [1.82, 2.24) is 34.6 Å². The number of rotatable bonds is 4.